The second-order valence-corrected chi connectivity index (χ2v) is 5.15. The maximum Gasteiger partial charge on any atom is 2.00 e. The summed E-state index contributed by atoms with van der Waals surface area (Å²) in [6.07, 6.45) is -1.09. The first-order valence-corrected chi connectivity index (χ1v) is 7.36. The first-order valence-electron chi connectivity index (χ1n) is 7.36. The van der Waals surface area contributed by atoms with E-state index in [1.165, 1.54) is 12.1 Å². The van der Waals surface area contributed by atoms with E-state index in [1.807, 2.05) is 48.5 Å². The molecule has 3 aromatic carbocycles. The second-order valence-electron chi connectivity index (χ2n) is 5.15. The molecule has 131 valence electrons. The second kappa shape index (κ2) is 9.77. The van der Waals surface area contributed by atoms with E-state index in [0.29, 0.717) is 17.0 Å². The van der Waals surface area contributed by atoms with Gasteiger partial charge >= 0.3 is 17.1 Å². The average Bonchev–Trinajstić information content (AvgIpc) is 2.62. The number of nitrogens with zero attached hydrogens (tertiary/aromatic N) is 1. The van der Waals surface area contributed by atoms with Gasteiger partial charge in [0.2, 0.25) is 0 Å². The Bertz CT molecular complexity index is 790. The van der Waals surface area contributed by atoms with Crippen molar-refractivity contribution in [3.05, 3.63) is 96.1 Å². The van der Waals surface area contributed by atoms with Gasteiger partial charge in [0.15, 0.2) is 0 Å². The van der Waals surface area contributed by atoms with Crippen molar-refractivity contribution in [3.8, 4) is 5.75 Å². The fourth-order valence-corrected chi connectivity index (χ4v) is 2.33. The minimum absolute atomic E-state index is 0. The number of hydrogen-bond donors (Lipinski definition) is 0. The molecule has 4 nitrogen and oxygen atoms in total. The smallest absolute Gasteiger partial charge is 0.872 e. The van der Waals surface area contributed by atoms with Crippen molar-refractivity contribution in [1.29, 1.82) is 0 Å². The first kappa shape index (κ1) is 20.6. The van der Waals surface area contributed by atoms with Gasteiger partial charge in [-0.3, -0.25) is 4.99 Å². The molecule has 25 heavy (non-hydrogen) atoms. The molecule has 5 heteroatoms. The van der Waals surface area contributed by atoms with E-state index in [9.17, 15) is 10.2 Å². The summed E-state index contributed by atoms with van der Waals surface area (Å²) in [6.45, 7) is 0. The molecule has 1 atom stereocenters. The molecule has 0 aromatic heterocycles. The summed E-state index contributed by atoms with van der Waals surface area (Å²) >= 11 is 0. The van der Waals surface area contributed by atoms with Gasteiger partial charge in [-0.25, -0.2) is 0 Å². The zero-order chi connectivity index (χ0) is 16.1. The Hall–Kier alpha value is -2.43. The van der Waals surface area contributed by atoms with Crippen LogP contribution >= 0.6 is 0 Å². The van der Waals surface area contributed by atoms with Crippen molar-refractivity contribution < 1.29 is 32.8 Å². The van der Waals surface area contributed by atoms with Crippen LogP contribution in [0.15, 0.2) is 89.9 Å². The van der Waals surface area contributed by atoms with E-state index in [1.54, 1.807) is 24.3 Å². The van der Waals surface area contributed by atoms with Crippen LogP contribution in [-0.4, -0.2) is 11.2 Å². The number of rotatable bonds is 4. The normalized spacial score (nSPS) is 11.8. The van der Waals surface area contributed by atoms with Crippen molar-refractivity contribution in [1.82, 2.24) is 0 Å². The van der Waals surface area contributed by atoms with Crippen LogP contribution in [0.4, 0.5) is 5.69 Å². The molecule has 0 amide bonds. The molecule has 0 saturated heterocycles. The van der Waals surface area contributed by atoms with E-state index in [2.05, 4.69) is 4.99 Å². The summed E-state index contributed by atoms with van der Waals surface area (Å²) in [4.78, 5) is 4.51. The number of hydrogen-bond acceptors (Lipinski definition) is 3. The van der Waals surface area contributed by atoms with Gasteiger partial charge in [-0.05, 0) is 17.7 Å². The van der Waals surface area contributed by atoms with Crippen LogP contribution in [0.2, 0.25) is 0 Å². The summed E-state index contributed by atoms with van der Waals surface area (Å²) < 4.78 is 0. The molecule has 0 heterocycles. The molecular formula is C20H17CuNO3. The number of benzene rings is 3. The maximum atomic E-state index is 12.9. The summed E-state index contributed by atoms with van der Waals surface area (Å²) in [5.74, 6) is -0.0769. The van der Waals surface area contributed by atoms with E-state index in [-0.39, 0.29) is 28.3 Å². The zero-order valence-corrected chi connectivity index (χ0v) is 14.2. The third kappa shape index (κ3) is 5.28. The van der Waals surface area contributed by atoms with Crippen LogP contribution in [0, 0.1) is 0 Å². The Balaban J connectivity index is 0.00000156. The molecule has 2 N–H and O–H groups in total. The molecule has 0 spiro atoms. The van der Waals surface area contributed by atoms with Gasteiger partial charge in [-0.15, -0.1) is 5.75 Å². The predicted molar refractivity (Wildman–Crippen MR) is 91.3 cm³/mol. The molecule has 0 saturated carbocycles. The van der Waals surface area contributed by atoms with Gasteiger partial charge in [-0.2, -0.15) is 0 Å². The third-order valence-electron chi connectivity index (χ3n) is 3.51. The monoisotopic (exact) mass is 382 g/mol. The fraction of sp³-hybridized carbons (Fsp3) is 0.0500. The molecule has 0 bridgehead atoms. The van der Waals surface area contributed by atoms with Gasteiger partial charge in [0.05, 0.1) is 5.69 Å². The van der Waals surface area contributed by atoms with Gasteiger partial charge < -0.3 is 15.7 Å². The Morgan fingerprint density at radius 2 is 1.28 bits per heavy atom. The standard InChI is InChI=1S/C20H16NO2.Cu.H2O/c22-18-13-11-17(12-14-18)21-19(15-7-3-1-4-8-15)20(23)16-9-5-2-6-10-16;;/h1-14,20,22H;;1H2/q-1;+2;/p-1. The maximum absolute atomic E-state index is 12.9. The minimum Gasteiger partial charge on any atom is -0.872 e. The van der Waals surface area contributed by atoms with Crippen molar-refractivity contribution in [3.63, 3.8) is 0 Å². The average molecular weight is 383 g/mol. The van der Waals surface area contributed by atoms with Gasteiger partial charge in [-0.1, -0.05) is 84.5 Å². The Kier molecular flexibility index (Phi) is 8.05. The summed E-state index contributed by atoms with van der Waals surface area (Å²) in [5, 5.41) is 24.1. The SMILES string of the molecule is O.[Cu+2].[O-]c1ccc(N=C(c2ccccc2)C([O-])c2ccccc2)cc1. The van der Waals surface area contributed by atoms with Crippen molar-refractivity contribution in [2.45, 2.75) is 6.10 Å². The first-order chi connectivity index (χ1) is 11.2. The van der Waals surface area contributed by atoms with E-state index in [4.69, 9.17) is 0 Å². The molecule has 0 aliphatic carbocycles. The molecule has 3 aromatic rings. The molecule has 0 fully saturated rings. The van der Waals surface area contributed by atoms with Crippen molar-refractivity contribution in [2.75, 3.05) is 0 Å². The fourth-order valence-electron chi connectivity index (χ4n) is 2.33. The molecule has 1 radical (unpaired) electrons. The topological polar surface area (TPSA) is 90.0 Å². The summed E-state index contributed by atoms with van der Waals surface area (Å²) in [7, 11) is 0. The minimum atomic E-state index is -1.09. The van der Waals surface area contributed by atoms with Crippen LogP contribution in [-0.2, 0) is 17.1 Å². The summed E-state index contributed by atoms with van der Waals surface area (Å²) in [5.41, 5.74) is 2.48. The van der Waals surface area contributed by atoms with Gasteiger partial charge in [0.25, 0.3) is 0 Å². The predicted octanol–water partition coefficient (Wildman–Crippen LogP) is 2.16. The molecule has 1 unspecified atom stereocenters. The Morgan fingerprint density at radius 1 is 0.760 bits per heavy atom. The molecule has 0 aliphatic heterocycles. The van der Waals surface area contributed by atoms with E-state index < -0.39 is 6.10 Å². The van der Waals surface area contributed by atoms with Crippen molar-refractivity contribution >= 4 is 11.4 Å². The van der Waals surface area contributed by atoms with Crippen LogP contribution in [0.5, 0.6) is 5.75 Å². The van der Waals surface area contributed by atoms with Crippen LogP contribution < -0.4 is 10.2 Å². The van der Waals surface area contributed by atoms with Crippen LogP contribution in [0.3, 0.4) is 0 Å². The largest absolute Gasteiger partial charge is 2.00 e. The molecule has 3 rings (SSSR count). The number of aliphatic imine (C=N–C) groups is 1. The molecule has 0 aliphatic rings. The quantitative estimate of drug-likeness (QED) is 0.511. The Labute approximate surface area is 157 Å². The van der Waals surface area contributed by atoms with Crippen LogP contribution in [0.25, 0.3) is 0 Å². The van der Waals surface area contributed by atoms with Crippen molar-refractivity contribution in [2.24, 2.45) is 4.99 Å². The summed E-state index contributed by atoms with van der Waals surface area (Å²) in [6, 6.07) is 24.7. The van der Waals surface area contributed by atoms with Crippen LogP contribution in [0.1, 0.15) is 17.2 Å². The molecular weight excluding hydrogens is 366 g/mol. The van der Waals surface area contributed by atoms with E-state index in [0.717, 1.165) is 5.56 Å². The zero-order valence-electron chi connectivity index (χ0n) is 13.2. The van der Waals surface area contributed by atoms with E-state index >= 15 is 0 Å². The Morgan fingerprint density at radius 3 is 1.84 bits per heavy atom. The van der Waals surface area contributed by atoms with Gasteiger partial charge in [0.1, 0.15) is 0 Å². The third-order valence-corrected chi connectivity index (χ3v) is 3.51. The van der Waals surface area contributed by atoms with Gasteiger partial charge in [0, 0.05) is 5.71 Å².